The SMILES string of the molecule is CCOC(=O)CC(C)C(O)(CC(=O)O)C(=O)O. The molecule has 0 aliphatic heterocycles. The third-order valence-corrected chi connectivity index (χ3v) is 2.38. The van der Waals surface area contributed by atoms with Gasteiger partial charge in [0.05, 0.1) is 19.4 Å². The number of hydrogen-bond acceptors (Lipinski definition) is 5. The molecular weight excluding hydrogens is 232 g/mol. The van der Waals surface area contributed by atoms with Gasteiger partial charge in [0, 0.05) is 5.92 Å². The number of ether oxygens (including phenoxy) is 1. The molecule has 3 N–H and O–H groups in total. The summed E-state index contributed by atoms with van der Waals surface area (Å²) in [6.07, 6.45) is -1.33. The van der Waals surface area contributed by atoms with E-state index in [1.165, 1.54) is 6.92 Å². The maximum atomic E-state index is 11.1. The molecule has 0 aromatic carbocycles. The summed E-state index contributed by atoms with van der Waals surface area (Å²) in [7, 11) is 0. The molecule has 17 heavy (non-hydrogen) atoms. The smallest absolute Gasteiger partial charge is 0.336 e. The Hall–Kier alpha value is -1.63. The molecule has 0 rings (SSSR count). The van der Waals surface area contributed by atoms with Crippen molar-refractivity contribution in [3.63, 3.8) is 0 Å². The van der Waals surface area contributed by atoms with Crippen LogP contribution in [0.5, 0.6) is 0 Å². The first kappa shape index (κ1) is 15.4. The molecule has 0 heterocycles. The van der Waals surface area contributed by atoms with Gasteiger partial charge < -0.3 is 20.1 Å². The number of carboxylic acid groups (broad SMARTS) is 2. The quantitative estimate of drug-likeness (QED) is 0.536. The van der Waals surface area contributed by atoms with Crippen LogP contribution in [-0.2, 0) is 19.1 Å². The number of hydrogen-bond donors (Lipinski definition) is 3. The summed E-state index contributed by atoms with van der Waals surface area (Å²) < 4.78 is 4.60. The summed E-state index contributed by atoms with van der Waals surface area (Å²) in [4.78, 5) is 32.5. The summed E-state index contributed by atoms with van der Waals surface area (Å²) in [5, 5.41) is 27.1. The molecule has 0 aromatic rings. The second-order valence-electron chi connectivity index (χ2n) is 3.71. The first-order valence-corrected chi connectivity index (χ1v) is 5.07. The summed E-state index contributed by atoms with van der Waals surface area (Å²) in [5.74, 6) is -4.86. The molecule has 0 fully saturated rings. The van der Waals surface area contributed by atoms with E-state index < -0.39 is 35.8 Å². The van der Waals surface area contributed by atoms with Crippen LogP contribution in [0.1, 0.15) is 26.7 Å². The van der Waals surface area contributed by atoms with E-state index in [9.17, 15) is 19.5 Å². The van der Waals surface area contributed by atoms with E-state index in [-0.39, 0.29) is 13.0 Å². The number of carboxylic acids is 2. The standard InChI is InChI=1S/C10H16O7/c1-3-17-8(13)4-6(2)10(16,9(14)15)5-7(11)12/h6,16H,3-5H2,1-2H3,(H,11,12)(H,14,15). The molecule has 0 aliphatic carbocycles. The van der Waals surface area contributed by atoms with Crippen LogP contribution < -0.4 is 0 Å². The van der Waals surface area contributed by atoms with Gasteiger partial charge >= 0.3 is 17.9 Å². The highest BCUT2D eigenvalue weighted by molar-refractivity contribution is 5.84. The second-order valence-corrected chi connectivity index (χ2v) is 3.71. The molecular formula is C10H16O7. The zero-order chi connectivity index (χ0) is 13.6. The summed E-state index contributed by atoms with van der Waals surface area (Å²) >= 11 is 0. The molecule has 0 radical (unpaired) electrons. The third kappa shape index (κ3) is 4.39. The van der Waals surface area contributed by atoms with E-state index in [4.69, 9.17) is 10.2 Å². The average molecular weight is 248 g/mol. The highest BCUT2D eigenvalue weighted by Gasteiger charge is 2.44. The lowest BCUT2D eigenvalue weighted by Gasteiger charge is -2.27. The van der Waals surface area contributed by atoms with Gasteiger partial charge in [-0.1, -0.05) is 6.92 Å². The summed E-state index contributed by atoms with van der Waals surface area (Å²) in [6.45, 7) is 3.01. The maximum absolute atomic E-state index is 11.1. The van der Waals surface area contributed by atoms with Crippen molar-refractivity contribution in [1.82, 2.24) is 0 Å². The van der Waals surface area contributed by atoms with Crippen LogP contribution in [0, 0.1) is 5.92 Å². The lowest BCUT2D eigenvalue weighted by atomic mass is 9.83. The minimum absolute atomic E-state index is 0.135. The Bertz CT molecular complexity index is 312. The predicted octanol–water partition coefficient (Wildman–Crippen LogP) is -0.134. The molecule has 0 amide bonds. The van der Waals surface area contributed by atoms with E-state index in [2.05, 4.69) is 4.74 Å². The molecule has 0 aliphatic rings. The Kier molecular flexibility index (Phi) is 5.60. The van der Waals surface area contributed by atoms with Gasteiger partial charge in [0.1, 0.15) is 0 Å². The van der Waals surface area contributed by atoms with Crippen LogP contribution in [0.25, 0.3) is 0 Å². The van der Waals surface area contributed by atoms with Gasteiger partial charge in [0.15, 0.2) is 5.60 Å². The molecule has 0 saturated carbocycles. The van der Waals surface area contributed by atoms with E-state index >= 15 is 0 Å². The average Bonchev–Trinajstić information content (AvgIpc) is 2.16. The molecule has 98 valence electrons. The minimum Gasteiger partial charge on any atom is -0.481 e. The predicted molar refractivity (Wildman–Crippen MR) is 55.3 cm³/mol. The van der Waals surface area contributed by atoms with Crippen LogP contribution in [0.4, 0.5) is 0 Å². The fraction of sp³-hybridized carbons (Fsp3) is 0.700. The Balaban J connectivity index is 4.76. The zero-order valence-electron chi connectivity index (χ0n) is 9.67. The van der Waals surface area contributed by atoms with Crippen molar-refractivity contribution in [3.8, 4) is 0 Å². The van der Waals surface area contributed by atoms with Gasteiger partial charge in [-0.15, -0.1) is 0 Å². The van der Waals surface area contributed by atoms with Crippen molar-refractivity contribution >= 4 is 17.9 Å². The van der Waals surface area contributed by atoms with Crippen LogP contribution in [0.3, 0.4) is 0 Å². The number of rotatable bonds is 7. The first-order valence-electron chi connectivity index (χ1n) is 5.07. The van der Waals surface area contributed by atoms with Gasteiger partial charge in [0.25, 0.3) is 0 Å². The summed E-state index contributed by atoms with van der Waals surface area (Å²) in [6, 6.07) is 0. The van der Waals surface area contributed by atoms with Crippen LogP contribution in [0.15, 0.2) is 0 Å². The minimum atomic E-state index is -2.47. The van der Waals surface area contributed by atoms with Crippen molar-refractivity contribution in [3.05, 3.63) is 0 Å². The van der Waals surface area contributed by atoms with Crippen molar-refractivity contribution in [1.29, 1.82) is 0 Å². The topological polar surface area (TPSA) is 121 Å². The zero-order valence-corrected chi connectivity index (χ0v) is 9.67. The van der Waals surface area contributed by atoms with E-state index in [1.807, 2.05) is 0 Å². The van der Waals surface area contributed by atoms with Gasteiger partial charge in [-0.2, -0.15) is 0 Å². The molecule has 0 bridgehead atoms. The monoisotopic (exact) mass is 248 g/mol. The van der Waals surface area contributed by atoms with Crippen LogP contribution in [0.2, 0.25) is 0 Å². The normalized spacial score (nSPS) is 15.7. The molecule has 0 aromatic heterocycles. The Labute approximate surface area is 98.0 Å². The van der Waals surface area contributed by atoms with Crippen molar-refractivity contribution in [2.45, 2.75) is 32.3 Å². The fourth-order valence-corrected chi connectivity index (χ4v) is 1.33. The van der Waals surface area contributed by atoms with Gasteiger partial charge in [0.2, 0.25) is 0 Å². The summed E-state index contributed by atoms with van der Waals surface area (Å²) in [5.41, 5.74) is -2.47. The van der Waals surface area contributed by atoms with Gasteiger partial charge in [-0.25, -0.2) is 4.79 Å². The number of carbonyl (C=O) groups is 3. The maximum Gasteiger partial charge on any atom is 0.336 e. The van der Waals surface area contributed by atoms with Crippen molar-refractivity contribution in [2.75, 3.05) is 6.61 Å². The van der Waals surface area contributed by atoms with E-state index in [1.54, 1.807) is 6.92 Å². The Morgan fingerprint density at radius 3 is 2.18 bits per heavy atom. The Morgan fingerprint density at radius 2 is 1.82 bits per heavy atom. The van der Waals surface area contributed by atoms with E-state index in [0.29, 0.717) is 0 Å². The number of esters is 1. The van der Waals surface area contributed by atoms with E-state index in [0.717, 1.165) is 0 Å². The Morgan fingerprint density at radius 1 is 1.29 bits per heavy atom. The lowest BCUT2D eigenvalue weighted by molar-refractivity contribution is -0.173. The largest absolute Gasteiger partial charge is 0.481 e. The highest BCUT2D eigenvalue weighted by Crippen LogP contribution is 2.25. The highest BCUT2D eigenvalue weighted by atomic mass is 16.5. The third-order valence-electron chi connectivity index (χ3n) is 2.38. The molecule has 2 unspecified atom stereocenters. The van der Waals surface area contributed by atoms with Crippen LogP contribution >= 0.6 is 0 Å². The number of aliphatic carboxylic acids is 2. The fourth-order valence-electron chi connectivity index (χ4n) is 1.33. The van der Waals surface area contributed by atoms with Crippen molar-refractivity contribution in [2.24, 2.45) is 5.92 Å². The van der Waals surface area contributed by atoms with Crippen molar-refractivity contribution < 1.29 is 34.4 Å². The van der Waals surface area contributed by atoms with Gasteiger partial charge in [-0.05, 0) is 6.92 Å². The molecule has 0 spiro atoms. The molecule has 7 heteroatoms. The molecule has 0 saturated heterocycles. The second kappa shape index (κ2) is 6.19. The van der Waals surface area contributed by atoms with Crippen LogP contribution in [-0.4, -0.2) is 45.4 Å². The molecule has 2 atom stereocenters. The van der Waals surface area contributed by atoms with Gasteiger partial charge in [-0.3, -0.25) is 9.59 Å². The number of aliphatic hydroxyl groups is 1. The lowest BCUT2D eigenvalue weighted by Crippen LogP contribution is -2.47. The number of carbonyl (C=O) groups excluding carboxylic acids is 1. The molecule has 7 nitrogen and oxygen atoms in total. The first-order chi connectivity index (χ1) is 7.74.